The van der Waals surface area contributed by atoms with Crippen molar-refractivity contribution in [2.24, 2.45) is 4.99 Å². The third-order valence-electron chi connectivity index (χ3n) is 1.89. The lowest BCUT2D eigenvalue weighted by Gasteiger charge is -2.10. The maximum absolute atomic E-state index is 5.81. The van der Waals surface area contributed by atoms with Crippen LogP contribution in [0.15, 0.2) is 39.8 Å². The van der Waals surface area contributed by atoms with Crippen molar-refractivity contribution in [3.8, 4) is 0 Å². The number of nitrogens with one attached hydrogen (secondary N) is 1. The van der Waals surface area contributed by atoms with Gasteiger partial charge < -0.3 is 5.32 Å². The van der Waals surface area contributed by atoms with Crippen molar-refractivity contribution in [2.45, 2.75) is 6.92 Å². The SMILES string of the molecule is CN=C(C)NC(=C(Cl)Cl)c1ccccc1. The molecule has 0 radical (unpaired) electrons. The van der Waals surface area contributed by atoms with Crippen molar-refractivity contribution in [3.05, 3.63) is 40.4 Å². The normalized spacial score (nSPS) is 11.1. The number of aliphatic imine (C=N–C) groups is 1. The van der Waals surface area contributed by atoms with Gasteiger partial charge in [0, 0.05) is 12.6 Å². The summed E-state index contributed by atoms with van der Waals surface area (Å²) in [4.78, 5) is 3.99. The zero-order chi connectivity index (χ0) is 11.3. The van der Waals surface area contributed by atoms with E-state index < -0.39 is 0 Å². The molecule has 2 nitrogen and oxygen atoms in total. The first-order chi connectivity index (χ1) is 7.15. The first kappa shape index (κ1) is 12.1. The minimum absolute atomic E-state index is 0.198. The molecule has 1 aromatic carbocycles. The number of rotatable bonds is 2. The van der Waals surface area contributed by atoms with E-state index in [0.717, 1.165) is 11.4 Å². The van der Waals surface area contributed by atoms with Crippen molar-refractivity contribution in [1.29, 1.82) is 0 Å². The van der Waals surface area contributed by atoms with E-state index >= 15 is 0 Å². The minimum Gasteiger partial charge on any atom is -0.342 e. The van der Waals surface area contributed by atoms with Crippen LogP contribution in [0.4, 0.5) is 0 Å². The quantitative estimate of drug-likeness (QED) is 0.624. The second kappa shape index (κ2) is 5.79. The van der Waals surface area contributed by atoms with Crippen LogP contribution in [-0.2, 0) is 0 Å². The molecule has 0 aliphatic heterocycles. The van der Waals surface area contributed by atoms with Gasteiger partial charge in [-0.1, -0.05) is 53.5 Å². The summed E-state index contributed by atoms with van der Waals surface area (Å²) in [5, 5.41) is 3.05. The van der Waals surface area contributed by atoms with Crippen LogP contribution in [0.1, 0.15) is 12.5 Å². The molecule has 0 bridgehead atoms. The van der Waals surface area contributed by atoms with Crippen LogP contribution in [0.3, 0.4) is 0 Å². The molecule has 1 N–H and O–H groups in total. The van der Waals surface area contributed by atoms with E-state index in [0.29, 0.717) is 5.70 Å². The van der Waals surface area contributed by atoms with Gasteiger partial charge >= 0.3 is 0 Å². The van der Waals surface area contributed by atoms with Crippen LogP contribution >= 0.6 is 23.2 Å². The molecular formula is C11H12Cl2N2. The summed E-state index contributed by atoms with van der Waals surface area (Å²) in [7, 11) is 1.70. The van der Waals surface area contributed by atoms with Gasteiger partial charge in [0.2, 0.25) is 0 Å². The Morgan fingerprint density at radius 3 is 2.27 bits per heavy atom. The predicted molar refractivity (Wildman–Crippen MR) is 67.2 cm³/mol. The van der Waals surface area contributed by atoms with Gasteiger partial charge in [0.25, 0.3) is 0 Å². The van der Waals surface area contributed by atoms with E-state index in [4.69, 9.17) is 23.2 Å². The molecule has 0 saturated heterocycles. The molecule has 0 heterocycles. The number of benzene rings is 1. The summed E-state index contributed by atoms with van der Waals surface area (Å²) in [6.07, 6.45) is 0. The van der Waals surface area contributed by atoms with Gasteiger partial charge in [-0.15, -0.1) is 0 Å². The number of amidine groups is 1. The highest BCUT2D eigenvalue weighted by atomic mass is 35.5. The predicted octanol–water partition coefficient (Wildman–Crippen LogP) is 3.43. The first-order valence-electron chi connectivity index (χ1n) is 4.46. The van der Waals surface area contributed by atoms with Crippen molar-refractivity contribution in [2.75, 3.05) is 7.05 Å². The Morgan fingerprint density at radius 1 is 1.20 bits per heavy atom. The number of hydrogen-bond acceptors (Lipinski definition) is 1. The molecule has 0 aliphatic rings. The third-order valence-corrected chi connectivity index (χ3v) is 2.27. The number of hydrogen-bond donors (Lipinski definition) is 1. The molecule has 1 aromatic rings. The van der Waals surface area contributed by atoms with Crippen LogP contribution in [0, 0.1) is 0 Å². The molecule has 0 amide bonds. The highest BCUT2D eigenvalue weighted by molar-refractivity contribution is 6.58. The van der Waals surface area contributed by atoms with Gasteiger partial charge in [-0.25, -0.2) is 0 Å². The van der Waals surface area contributed by atoms with Crippen LogP contribution in [0.25, 0.3) is 5.70 Å². The molecule has 0 aliphatic carbocycles. The van der Waals surface area contributed by atoms with Gasteiger partial charge in [0.1, 0.15) is 4.49 Å². The standard InChI is InChI=1S/C11H12Cl2N2/c1-8(14-2)15-10(11(12)13)9-6-4-3-5-7-9/h3-7H,1-2H3,(H,14,15). The summed E-state index contributed by atoms with van der Waals surface area (Å²) in [6.45, 7) is 1.85. The molecule has 80 valence electrons. The van der Waals surface area contributed by atoms with Crippen molar-refractivity contribution in [3.63, 3.8) is 0 Å². The molecule has 0 spiro atoms. The van der Waals surface area contributed by atoms with Gasteiger partial charge in [-0.05, 0) is 6.92 Å². The van der Waals surface area contributed by atoms with Crippen molar-refractivity contribution >= 4 is 34.7 Å². The smallest absolute Gasteiger partial charge is 0.130 e. The average molecular weight is 243 g/mol. The highest BCUT2D eigenvalue weighted by Crippen LogP contribution is 2.21. The zero-order valence-corrected chi connectivity index (χ0v) is 10.1. The Balaban J connectivity index is 3.02. The maximum Gasteiger partial charge on any atom is 0.130 e. The van der Waals surface area contributed by atoms with Crippen LogP contribution in [0.2, 0.25) is 0 Å². The molecule has 0 unspecified atom stereocenters. The maximum atomic E-state index is 5.81. The molecule has 0 aromatic heterocycles. The molecule has 4 heteroatoms. The van der Waals surface area contributed by atoms with Gasteiger partial charge in [-0.2, -0.15) is 0 Å². The summed E-state index contributed by atoms with van der Waals surface area (Å²) in [5.74, 6) is 0.757. The Bertz CT molecular complexity index is 379. The Morgan fingerprint density at radius 2 is 1.80 bits per heavy atom. The molecular weight excluding hydrogens is 231 g/mol. The fourth-order valence-electron chi connectivity index (χ4n) is 1.07. The Hall–Kier alpha value is -0.990. The van der Waals surface area contributed by atoms with E-state index in [9.17, 15) is 0 Å². The fraction of sp³-hybridized carbons (Fsp3) is 0.182. The number of halogens is 2. The second-order valence-electron chi connectivity index (χ2n) is 2.94. The average Bonchev–Trinajstić information content (AvgIpc) is 2.26. The third kappa shape index (κ3) is 3.57. The van der Waals surface area contributed by atoms with E-state index in [1.54, 1.807) is 7.05 Å². The summed E-state index contributed by atoms with van der Waals surface area (Å²) in [6, 6.07) is 9.63. The fourth-order valence-corrected chi connectivity index (χ4v) is 1.38. The largest absolute Gasteiger partial charge is 0.342 e. The second-order valence-corrected chi connectivity index (χ2v) is 3.88. The van der Waals surface area contributed by atoms with Crippen molar-refractivity contribution < 1.29 is 0 Å². The molecule has 1 rings (SSSR count). The van der Waals surface area contributed by atoms with Gasteiger partial charge in [-0.3, -0.25) is 4.99 Å². The number of nitrogens with zero attached hydrogens (tertiary/aromatic N) is 1. The lowest BCUT2D eigenvalue weighted by atomic mass is 10.2. The first-order valence-corrected chi connectivity index (χ1v) is 5.22. The summed E-state index contributed by atoms with van der Waals surface area (Å²) >= 11 is 11.6. The van der Waals surface area contributed by atoms with Crippen molar-refractivity contribution in [1.82, 2.24) is 5.32 Å². The van der Waals surface area contributed by atoms with E-state index in [-0.39, 0.29) is 4.49 Å². The van der Waals surface area contributed by atoms with E-state index in [2.05, 4.69) is 10.3 Å². The van der Waals surface area contributed by atoms with Gasteiger partial charge in [0.05, 0.1) is 11.5 Å². The van der Waals surface area contributed by atoms with E-state index in [1.807, 2.05) is 37.3 Å². The lowest BCUT2D eigenvalue weighted by Crippen LogP contribution is -2.18. The minimum atomic E-state index is 0.198. The summed E-state index contributed by atoms with van der Waals surface area (Å²) in [5.41, 5.74) is 1.60. The van der Waals surface area contributed by atoms with Gasteiger partial charge in [0.15, 0.2) is 0 Å². The lowest BCUT2D eigenvalue weighted by molar-refractivity contribution is 1.23. The Labute approximate surface area is 99.6 Å². The van der Waals surface area contributed by atoms with Crippen LogP contribution in [0.5, 0.6) is 0 Å². The summed E-state index contributed by atoms with van der Waals surface area (Å²) < 4.78 is 0.198. The monoisotopic (exact) mass is 242 g/mol. The zero-order valence-electron chi connectivity index (χ0n) is 8.59. The molecule has 0 fully saturated rings. The molecule has 0 saturated carbocycles. The van der Waals surface area contributed by atoms with Crippen LogP contribution in [-0.4, -0.2) is 12.9 Å². The van der Waals surface area contributed by atoms with E-state index in [1.165, 1.54) is 0 Å². The molecule has 0 atom stereocenters. The highest BCUT2D eigenvalue weighted by Gasteiger charge is 2.05. The molecule has 15 heavy (non-hydrogen) atoms. The topological polar surface area (TPSA) is 24.4 Å². The Kier molecular flexibility index (Phi) is 4.66. The van der Waals surface area contributed by atoms with Crippen LogP contribution < -0.4 is 5.32 Å².